The summed E-state index contributed by atoms with van der Waals surface area (Å²) in [6.45, 7) is 1.62. The lowest BCUT2D eigenvalue weighted by molar-refractivity contribution is -0.136. The first kappa shape index (κ1) is 12.4. The number of rotatable bonds is 4. The van der Waals surface area contributed by atoms with Gasteiger partial charge in [-0.3, -0.25) is 4.79 Å². The minimum atomic E-state index is -2.76. The molecule has 0 aliphatic carbocycles. The molecule has 16 heavy (non-hydrogen) atoms. The monoisotopic (exact) mass is 230 g/mol. The molecule has 88 valence electrons. The van der Waals surface area contributed by atoms with Crippen LogP contribution in [-0.2, 0) is 11.2 Å². The molecule has 0 spiro atoms. The smallest absolute Gasteiger partial charge is 0.303 e. The molecule has 1 rings (SSSR count). The van der Waals surface area contributed by atoms with Crippen LogP contribution in [0, 0.1) is 6.92 Å². The second-order valence-corrected chi connectivity index (χ2v) is 3.56. The number of carboxylic acids is 1. The minimum Gasteiger partial charge on any atom is -0.507 e. The number of hydrogen-bond donors (Lipinski definition) is 2. The maximum absolute atomic E-state index is 12.5. The van der Waals surface area contributed by atoms with Crippen molar-refractivity contribution < 1.29 is 23.8 Å². The van der Waals surface area contributed by atoms with Gasteiger partial charge >= 0.3 is 5.97 Å². The van der Waals surface area contributed by atoms with E-state index in [0.717, 1.165) is 0 Å². The van der Waals surface area contributed by atoms with Crippen LogP contribution < -0.4 is 0 Å². The quantitative estimate of drug-likeness (QED) is 0.835. The first-order valence-corrected chi connectivity index (χ1v) is 4.74. The van der Waals surface area contributed by atoms with Crippen molar-refractivity contribution in [3.63, 3.8) is 0 Å². The first-order valence-electron chi connectivity index (χ1n) is 4.74. The number of phenols is 1. The molecule has 1 aromatic rings. The summed E-state index contributed by atoms with van der Waals surface area (Å²) < 4.78 is 25.0. The largest absolute Gasteiger partial charge is 0.507 e. The van der Waals surface area contributed by atoms with Crippen LogP contribution in [0.2, 0.25) is 0 Å². The molecule has 0 saturated heterocycles. The SMILES string of the molecule is Cc1cc(CCC(=O)O)c(O)c(C(F)F)c1. The fourth-order valence-electron chi connectivity index (χ4n) is 1.48. The Kier molecular flexibility index (Phi) is 3.82. The van der Waals surface area contributed by atoms with Crippen molar-refractivity contribution in [3.05, 3.63) is 28.8 Å². The van der Waals surface area contributed by atoms with E-state index in [1.54, 1.807) is 6.92 Å². The third-order valence-electron chi connectivity index (χ3n) is 2.21. The van der Waals surface area contributed by atoms with E-state index in [1.165, 1.54) is 12.1 Å². The van der Waals surface area contributed by atoms with Gasteiger partial charge in [-0.25, -0.2) is 8.78 Å². The van der Waals surface area contributed by atoms with Crippen LogP contribution in [0.15, 0.2) is 12.1 Å². The van der Waals surface area contributed by atoms with Crippen LogP contribution in [0.25, 0.3) is 0 Å². The maximum atomic E-state index is 12.5. The molecule has 0 radical (unpaired) electrons. The number of aryl methyl sites for hydroxylation is 2. The Hall–Kier alpha value is -1.65. The standard InChI is InChI=1S/C11H12F2O3/c1-6-4-7(2-3-9(14)15)10(16)8(5-6)11(12)13/h4-5,11,16H,2-3H2,1H3,(H,14,15). The van der Waals surface area contributed by atoms with Gasteiger partial charge in [-0.15, -0.1) is 0 Å². The van der Waals surface area contributed by atoms with Crippen molar-refractivity contribution in [2.75, 3.05) is 0 Å². The molecule has 0 amide bonds. The molecule has 3 nitrogen and oxygen atoms in total. The van der Waals surface area contributed by atoms with E-state index in [0.29, 0.717) is 5.56 Å². The highest BCUT2D eigenvalue weighted by Gasteiger charge is 2.16. The van der Waals surface area contributed by atoms with Gasteiger partial charge in [0, 0.05) is 6.42 Å². The van der Waals surface area contributed by atoms with Gasteiger partial charge < -0.3 is 10.2 Å². The van der Waals surface area contributed by atoms with Crippen molar-refractivity contribution in [1.82, 2.24) is 0 Å². The third kappa shape index (κ3) is 2.92. The van der Waals surface area contributed by atoms with Crippen LogP contribution in [0.1, 0.15) is 29.5 Å². The zero-order chi connectivity index (χ0) is 12.3. The van der Waals surface area contributed by atoms with Gasteiger partial charge in [-0.05, 0) is 25.0 Å². The summed E-state index contributed by atoms with van der Waals surface area (Å²) in [6, 6.07) is 2.72. The van der Waals surface area contributed by atoms with Crippen molar-refractivity contribution in [2.24, 2.45) is 0 Å². The van der Waals surface area contributed by atoms with Gasteiger partial charge in [0.2, 0.25) is 0 Å². The molecular formula is C11H12F2O3. The normalized spacial score (nSPS) is 10.8. The van der Waals surface area contributed by atoms with Crippen LogP contribution >= 0.6 is 0 Å². The van der Waals surface area contributed by atoms with Gasteiger partial charge in [-0.2, -0.15) is 0 Å². The summed E-state index contributed by atoms with van der Waals surface area (Å²) in [4.78, 5) is 10.4. The summed E-state index contributed by atoms with van der Waals surface area (Å²) in [5.41, 5.74) is 0.381. The van der Waals surface area contributed by atoms with E-state index < -0.39 is 23.7 Å². The van der Waals surface area contributed by atoms with E-state index in [-0.39, 0.29) is 18.4 Å². The van der Waals surface area contributed by atoms with Gasteiger partial charge in [0.15, 0.2) is 0 Å². The number of alkyl halides is 2. The zero-order valence-electron chi connectivity index (χ0n) is 8.70. The number of phenolic OH excluding ortho intramolecular Hbond substituents is 1. The van der Waals surface area contributed by atoms with Crippen molar-refractivity contribution >= 4 is 5.97 Å². The Bertz CT molecular complexity index is 402. The Morgan fingerprint density at radius 3 is 2.56 bits per heavy atom. The summed E-state index contributed by atoms with van der Waals surface area (Å²) in [5.74, 6) is -1.53. The molecule has 2 N–H and O–H groups in total. The van der Waals surface area contributed by atoms with E-state index in [4.69, 9.17) is 5.11 Å². The number of hydrogen-bond acceptors (Lipinski definition) is 2. The Balaban J connectivity index is 3.04. The molecule has 0 aliphatic heterocycles. The highest BCUT2D eigenvalue weighted by molar-refractivity contribution is 5.67. The second-order valence-electron chi connectivity index (χ2n) is 3.56. The van der Waals surface area contributed by atoms with Gasteiger partial charge in [-0.1, -0.05) is 11.6 Å². The fraction of sp³-hybridized carbons (Fsp3) is 0.364. The van der Waals surface area contributed by atoms with Gasteiger partial charge in [0.1, 0.15) is 5.75 Å². The Morgan fingerprint density at radius 2 is 2.06 bits per heavy atom. The summed E-state index contributed by atoms with van der Waals surface area (Å²) in [7, 11) is 0. The van der Waals surface area contributed by atoms with Gasteiger partial charge in [0.25, 0.3) is 6.43 Å². The summed E-state index contributed by atoms with van der Waals surface area (Å²) in [5, 5.41) is 18.0. The van der Waals surface area contributed by atoms with E-state index in [2.05, 4.69) is 0 Å². The lowest BCUT2D eigenvalue weighted by Crippen LogP contribution is -2.00. The number of halogens is 2. The van der Waals surface area contributed by atoms with Crippen molar-refractivity contribution in [2.45, 2.75) is 26.2 Å². The predicted octanol–water partition coefficient (Wildman–Crippen LogP) is 2.66. The lowest BCUT2D eigenvalue weighted by atomic mass is 10.0. The molecule has 5 heteroatoms. The fourth-order valence-corrected chi connectivity index (χ4v) is 1.48. The molecule has 0 aliphatic rings. The Labute approximate surface area is 91.3 Å². The minimum absolute atomic E-state index is 0.0442. The number of carbonyl (C=O) groups is 1. The Morgan fingerprint density at radius 1 is 1.44 bits per heavy atom. The van der Waals surface area contributed by atoms with E-state index >= 15 is 0 Å². The molecule has 0 heterocycles. The van der Waals surface area contributed by atoms with Gasteiger partial charge in [0.05, 0.1) is 5.56 Å². The highest BCUT2D eigenvalue weighted by atomic mass is 19.3. The van der Waals surface area contributed by atoms with Crippen LogP contribution in [0.3, 0.4) is 0 Å². The molecule has 0 bridgehead atoms. The van der Waals surface area contributed by atoms with E-state index in [1.807, 2.05) is 0 Å². The molecule has 0 atom stereocenters. The molecule has 0 fully saturated rings. The molecule has 1 aromatic carbocycles. The van der Waals surface area contributed by atoms with Crippen LogP contribution in [-0.4, -0.2) is 16.2 Å². The maximum Gasteiger partial charge on any atom is 0.303 e. The molecule has 0 saturated carbocycles. The van der Waals surface area contributed by atoms with Crippen LogP contribution in [0.4, 0.5) is 8.78 Å². The molecular weight excluding hydrogens is 218 g/mol. The predicted molar refractivity (Wildman–Crippen MR) is 53.8 cm³/mol. The van der Waals surface area contributed by atoms with Crippen LogP contribution in [0.5, 0.6) is 5.75 Å². The summed E-state index contributed by atoms with van der Waals surface area (Å²) >= 11 is 0. The average molecular weight is 230 g/mol. The highest BCUT2D eigenvalue weighted by Crippen LogP contribution is 2.32. The number of aromatic hydroxyl groups is 1. The third-order valence-corrected chi connectivity index (χ3v) is 2.21. The topological polar surface area (TPSA) is 57.5 Å². The van der Waals surface area contributed by atoms with Crippen molar-refractivity contribution in [3.8, 4) is 5.75 Å². The zero-order valence-corrected chi connectivity index (χ0v) is 8.70. The number of aliphatic carboxylic acids is 1. The lowest BCUT2D eigenvalue weighted by Gasteiger charge is -2.10. The summed E-state index contributed by atoms with van der Waals surface area (Å²) in [6.07, 6.45) is -2.91. The van der Waals surface area contributed by atoms with E-state index in [9.17, 15) is 18.7 Å². The average Bonchev–Trinajstić information content (AvgIpc) is 2.18. The van der Waals surface area contributed by atoms with Crippen molar-refractivity contribution in [1.29, 1.82) is 0 Å². The second kappa shape index (κ2) is 4.92. The number of benzene rings is 1. The molecule has 0 aromatic heterocycles. The first-order chi connectivity index (χ1) is 7.41. The number of carboxylic acid groups (broad SMARTS) is 1. The molecule has 0 unspecified atom stereocenters.